The molecule has 0 aromatic carbocycles. The average Bonchev–Trinajstić information content (AvgIpc) is 3.31. The minimum Gasteiger partial charge on any atom is -0.347 e. The molecule has 1 aliphatic rings. The van der Waals surface area contributed by atoms with Gasteiger partial charge in [0.2, 0.25) is 0 Å². The first kappa shape index (κ1) is 16.5. The SMILES string of the molecule is O=c1[nH]nc2n1CCN(c1ccnc(-c3cnc4cnc(C(F)F)cn34)n1)C2. The number of hydrogen-bond donors (Lipinski definition) is 1. The second-order valence-electron chi connectivity index (χ2n) is 6.24. The number of rotatable bonds is 3. The standard InChI is InChI=1S/C16H13F2N9O/c17-14(18)9-7-27-10(5-21-12(27)6-20-9)15-19-2-1-11(22-15)25-3-4-26-13(8-25)23-24-16(26)28/h1-2,5-7,14H,3-4,8H2,(H,24,28). The Hall–Kier alpha value is -3.70. The van der Waals surface area contributed by atoms with E-state index in [0.29, 0.717) is 48.4 Å². The molecular weight excluding hydrogens is 372 g/mol. The van der Waals surface area contributed by atoms with Gasteiger partial charge in [-0.1, -0.05) is 0 Å². The Morgan fingerprint density at radius 2 is 2.04 bits per heavy atom. The fourth-order valence-electron chi connectivity index (χ4n) is 3.20. The van der Waals surface area contributed by atoms with E-state index >= 15 is 0 Å². The van der Waals surface area contributed by atoms with E-state index in [9.17, 15) is 13.6 Å². The maximum absolute atomic E-state index is 13.0. The lowest BCUT2D eigenvalue weighted by Gasteiger charge is -2.27. The molecule has 12 heteroatoms. The Balaban J connectivity index is 1.52. The third kappa shape index (κ3) is 2.61. The van der Waals surface area contributed by atoms with Crippen LogP contribution in [-0.2, 0) is 13.1 Å². The van der Waals surface area contributed by atoms with Crippen molar-refractivity contribution in [1.82, 2.24) is 39.1 Å². The topological polar surface area (TPSA) is 110 Å². The van der Waals surface area contributed by atoms with Gasteiger partial charge in [-0.05, 0) is 6.07 Å². The van der Waals surface area contributed by atoms with Crippen molar-refractivity contribution in [2.24, 2.45) is 0 Å². The molecule has 1 aliphatic heterocycles. The lowest BCUT2D eigenvalue weighted by Crippen LogP contribution is -2.37. The Kier molecular flexibility index (Phi) is 3.64. The van der Waals surface area contributed by atoms with Crippen LogP contribution in [0.15, 0.2) is 35.6 Å². The predicted molar refractivity (Wildman–Crippen MR) is 92.9 cm³/mol. The van der Waals surface area contributed by atoms with E-state index in [-0.39, 0.29) is 11.4 Å². The quantitative estimate of drug-likeness (QED) is 0.561. The summed E-state index contributed by atoms with van der Waals surface area (Å²) in [5, 5.41) is 6.46. The zero-order valence-electron chi connectivity index (χ0n) is 14.3. The number of aromatic nitrogens is 8. The van der Waals surface area contributed by atoms with Crippen LogP contribution in [0.4, 0.5) is 14.6 Å². The third-order valence-corrected chi connectivity index (χ3v) is 4.60. The normalized spacial score (nSPS) is 14.0. The van der Waals surface area contributed by atoms with Crippen molar-refractivity contribution in [1.29, 1.82) is 0 Å². The van der Waals surface area contributed by atoms with Crippen molar-refractivity contribution in [2.75, 3.05) is 11.4 Å². The fourth-order valence-corrected chi connectivity index (χ4v) is 3.20. The highest BCUT2D eigenvalue weighted by Crippen LogP contribution is 2.23. The molecule has 0 spiro atoms. The lowest BCUT2D eigenvalue weighted by molar-refractivity contribution is 0.145. The molecule has 0 saturated heterocycles. The van der Waals surface area contributed by atoms with Gasteiger partial charge in [0.15, 0.2) is 17.3 Å². The average molecular weight is 385 g/mol. The zero-order chi connectivity index (χ0) is 19.3. The van der Waals surface area contributed by atoms with Crippen molar-refractivity contribution >= 4 is 11.5 Å². The van der Waals surface area contributed by atoms with Gasteiger partial charge in [-0.3, -0.25) is 8.97 Å². The molecule has 0 aliphatic carbocycles. The van der Waals surface area contributed by atoms with Crippen LogP contribution >= 0.6 is 0 Å². The number of H-pyrrole nitrogens is 1. The van der Waals surface area contributed by atoms with E-state index in [1.807, 2.05) is 4.90 Å². The summed E-state index contributed by atoms with van der Waals surface area (Å²) in [6.45, 7) is 1.49. The smallest absolute Gasteiger partial charge is 0.343 e. The van der Waals surface area contributed by atoms with Gasteiger partial charge in [-0.25, -0.2) is 38.6 Å². The highest BCUT2D eigenvalue weighted by atomic mass is 19.3. The van der Waals surface area contributed by atoms with Gasteiger partial charge in [0, 0.05) is 25.5 Å². The molecule has 0 radical (unpaired) electrons. The number of fused-ring (bicyclic) bond motifs is 2. The molecule has 0 bridgehead atoms. The van der Waals surface area contributed by atoms with Gasteiger partial charge in [0.25, 0.3) is 6.43 Å². The summed E-state index contributed by atoms with van der Waals surface area (Å²) in [5.41, 5.74) is 0.324. The molecule has 0 amide bonds. The molecule has 1 N–H and O–H groups in total. The van der Waals surface area contributed by atoms with Crippen LogP contribution in [-0.4, -0.2) is 45.6 Å². The second-order valence-corrected chi connectivity index (χ2v) is 6.24. The first-order valence-electron chi connectivity index (χ1n) is 8.44. The lowest BCUT2D eigenvalue weighted by atomic mass is 10.3. The molecule has 0 atom stereocenters. The highest BCUT2D eigenvalue weighted by molar-refractivity contribution is 5.58. The van der Waals surface area contributed by atoms with E-state index in [2.05, 4.69) is 30.1 Å². The number of halogens is 2. The van der Waals surface area contributed by atoms with Crippen molar-refractivity contribution in [3.05, 3.63) is 52.9 Å². The van der Waals surface area contributed by atoms with E-state index in [1.165, 1.54) is 23.0 Å². The molecule has 4 aromatic heterocycles. The zero-order valence-corrected chi connectivity index (χ0v) is 14.3. The minimum atomic E-state index is -2.69. The summed E-state index contributed by atoms with van der Waals surface area (Å²) in [4.78, 5) is 30.3. The number of nitrogens with zero attached hydrogens (tertiary/aromatic N) is 8. The van der Waals surface area contributed by atoms with Crippen molar-refractivity contribution in [2.45, 2.75) is 19.5 Å². The van der Waals surface area contributed by atoms with Gasteiger partial charge < -0.3 is 4.90 Å². The minimum absolute atomic E-state index is 0.229. The van der Waals surface area contributed by atoms with Crippen LogP contribution in [0.3, 0.4) is 0 Å². The summed E-state index contributed by atoms with van der Waals surface area (Å²) < 4.78 is 29.1. The van der Waals surface area contributed by atoms with E-state index in [4.69, 9.17) is 0 Å². The first-order valence-corrected chi connectivity index (χ1v) is 8.44. The van der Waals surface area contributed by atoms with Crippen molar-refractivity contribution < 1.29 is 8.78 Å². The van der Waals surface area contributed by atoms with Gasteiger partial charge >= 0.3 is 5.69 Å². The fraction of sp³-hybridized carbons (Fsp3) is 0.250. The molecule has 0 unspecified atom stereocenters. The summed E-state index contributed by atoms with van der Waals surface area (Å²) in [5.74, 6) is 1.62. The number of imidazole rings is 1. The predicted octanol–water partition coefficient (Wildman–Crippen LogP) is 1.03. The van der Waals surface area contributed by atoms with Crippen LogP contribution in [0.1, 0.15) is 17.9 Å². The Labute approximate surface area is 155 Å². The molecule has 142 valence electrons. The highest BCUT2D eigenvalue weighted by Gasteiger charge is 2.21. The molecular formula is C16H13F2N9O. The van der Waals surface area contributed by atoms with Crippen molar-refractivity contribution in [3.8, 4) is 11.5 Å². The largest absolute Gasteiger partial charge is 0.347 e. The number of hydrogen-bond acceptors (Lipinski definition) is 7. The van der Waals surface area contributed by atoms with Crippen LogP contribution in [0, 0.1) is 0 Å². The molecule has 5 heterocycles. The van der Waals surface area contributed by atoms with Crippen LogP contribution < -0.4 is 10.6 Å². The summed E-state index contributed by atoms with van der Waals surface area (Å²) >= 11 is 0. The van der Waals surface area contributed by atoms with Crippen molar-refractivity contribution in [3.63, 3.8) is 0 Å². The van der Waals surface area contributed by atoms with E-state index < -0.39 is 6.43 Å². The van der Waals surface area contributed by atoms with Gasteiger partial charge in [0.05, 0.1) is 18.9 Å². The number of anilines is 1. The Bertz CT molecular complexity index is 1230. The molecule has 10 nitrogen and oxygen atoms in total. The number of alkyl halides is 2. The number of aromatic amines is 1. The first-order chi connectivity index (χ1) is 13.6. The summed E-state index contributed by atoms with van der Waals surface area (Å²) in [6, 6.07) is 1.75. The Morgan fingerprint density at radius 3 is 2.89 bits per heavy atom. The van der Waals surface area contributed by atoms with E-state index in [1.54, 1.807) is 16.8 Å². The second kappa shape index (κ2) is 6.18. The van der Waals surface area contributed by atoms with Gasteiger partial charge in [-0.15, -0.1) is 0 Å². The maximum atomic E-state index is 13.0. The van der Waals surface area contributed by atoms with E-state index in [0.717, 1.165) is 0 Å². The number of nitrogens with one attached hydrogen (secondary N) is 1. The maximum Gasteiger partial charge on any atom is 0.343 e. The molecule has 5 rings (SSSR count). The third-order valence-electron chi connectivity index (χ3n) is 4.60. The molecule has 0 fully saturated rings. The molecule has 28 heavy (non-hydrogen) atoms. The van der Waals surface area contributed by atoms with Crippen LogP contribution in [0.5, 0.6) is 0 Å². The van der Waals surface area contributed by atoms with Gasteiger partial charge in [0.1, 0.15) is 17.2 Å². The van der Waals surface area contributed by atoms with Gasteiger partial charge in [-0.2, -0.15) is 5.10 Å². The van der Waals surface area contributed by atoms with Crippen LogP contribution in [0.2, 0.25) is 0 Å². The molecule has 0 saturated carbocycles. The summed E-state index contributed by atoms with van der Waals surface area (Å²) in [7, 11) is 0. The molecule has 4 aromatic rings. The van der Waals surface area contributed by atoms with Crippen LogP contribution in [0.25, 0.3) is 17.2 Å². The summed E-state index contributed by atoms with van der Waals surface area (Å²) in [6.07, 6.45) is 2.95. The Morgan fingerprint density at radius 1 is 1.14 bits per heavy atom. The monoisotopic (exact) mass is 385 g/mol.